The van der Waals surface area contributed by atoms with E-state index in [2.05, 4.69) is 13.0 Å². The van der Waals surface area contributed by atoms with E-state index in [4.69, 9.17) is 4.74 Å². The maximum atomic E-state index is 14.4. The SMILES string of the molecule is CC(=O)O[C@@H]1C[C@@]2(C)[C@@H]3CC=C4[C@@H](C[C@H](O)[C@@H](O)C4(C)C)[C@]3(C)C(=O)C[C@]2(C)C1[C@@](C)(O)C(=O)/C=C/C(C)(C)O. The predicted octanol–water partition coefficient (Wildman–Crippen LogP) is 3.29. The molecule has 0 aromatic carbocycles. The van der Waals surface area contributed by atoms with Crippen LogP contribution in [0, 0.1) is 39.4 Å². The molecule has 0 saturated heterocycles. The molecule has 0 aromatic rings. The lowest BCUT2D eigenvalue weighted by atomic mass is 9.38. The molecule has 3 fully saturated rings. The number of aliphatic hydroxyl groups is 4. The molecule has 1 unspecified atom stereocenters. The predicted molar refractivity (Wildman–Crippen MR) is 149 cm³/mol. The molecule has 0 bridgehead atoms. The zero-order chi connectivity index (χ0) is 30.4. The molecule has 0 amide bonds. The second-order valence-corrected chi connectivity index (χ2v) is 15.0. The van der Waals surface area contributed by atoms with Crippen LogP contribution in [0.3, 0.4) is 0 Å². The van der Waals surface area contributed by atoms with Gasteiger partial charge in [-0.25, -0.2) is 0 Å². The first-order chi connectivity index (χ1) is 18.0. The molecule has 0 radical (unpaired) electrons. The van der Waals surface area contributed by atoms with Gasteiger partial charge >= 0.3 is 5.97 Å². The van der Waals surface area contributed by atoms with Crippen LogP contribution in [-0.2, 0) is 19.1 Å². The number of carbonyl (C=O) groups excluding carboxylic acids is 3. The molecular formula is C32H48O8. The van der Waals surface area contributed by atoms with Gasteiger partial charge in [0.2, 0.25) is 0 Å². The van der Waals surface area contributed by atoms with E-state index < -0.39 is 68.8 Å². The Hall–Kier alpha value is -1.87. The number of ether oxygens (including phenoxy) is 1. The van der Waals surface area contributed by atoms with Gasteiger partial charge in [0.15, 0.2) is 5.78 Å². The van der Waals surface area contributed by atoms with Crippen molar-refractivity contribution in [3.05, 3.63) is 23.8 Å². The van der Waals surface area contributed by atoms with Gasteiger partial charge < -0.3 is 25.2 Å². The number of fused-ring (bicyclic) bond motifs is 5. The van der Waals surface area contributed by atoms with E-state index in [1.54, 1.807) is 0 Å². The van der Waals surface area contributed by atoms with Crippen molar-refractivity contribution in [1.82, 2.24) is 0 Å². The van der Waals surface area contributed by atoms with E-state index in [0.717, 1.165) is 5.57 Å². The lowest BCUT2D eigenvalue weighted by Crippen LogP contribution is -2.65. The van der Waals surface area contributed by atoms with Gasteiger partial charge in [-0.3, -0.25) is 14.4 Å². The summed E-state index contributed by atoms with van der Waals surface area (Å²) >= 11 is 0. The van der Waals surface area contributed by atoms with Gasteiger partial charge in [-0.2, -0.15) is 0 Å². The van der Waals surface area contributed by atoms with Crippen LogP contribution in [0.4, 0.5) is 0 Å². The number of rotatable bonds is 5. The number of hydrogen-bond acceptors (Lipinski definition) is 8. The second kappa shape index (κ2) is 9.32. The second-order valence-electron chi connectivity index (χ2n) is 15.0. The van der Waals surface area contributed by atoms with Gasteiger partial charge in [0.1, 0.15) is 17.5 Å². The average Bonchev–Trinajstić information content (AvgIpc) is 3.02. The molecule has 0 aliphatic heterocycles. The Morgan fingerprint density at radius 2 is 1.65 bits per heavy atom. The fraction of sp³-hybridized carbons (Fsp3) is 0.781. The molecule has 0 spiro atoms. The van der Waals surface area contributed by atoms with E-state index >= 15 is 0 Å². The normalized spacial score (nSPS) is 44.2. The number of esters is 1. The Balaban J connectivity index is 1.85. The minimum atomic E-state index is -1.98. The zero-order valence-corrected chi connectivity index (χ0v) is 25.4. The van der Waals surface area contributed by atoms with Gasteiger partial charge in [0.05, 0.1) is 17.8 Å². The van der Waals surface area contributed by atoms with Crippen LogP contribution < -0.4 is 0 Å². The third-order valence-electron chi connectivity index (χ3n) is 11.7. The van der Waals surface area contributed by atoms with Crippen molar-refractivity contribution in [2.45, 2.75) is 118 Å². The Labute approximate surface area is 237 Å². The highest BCUT2D eigenvalue weighted by molar-refractivity contribution is 5.97. The topological polar surface area (TPSA) is 141 Å². The maximum Gasteiger partial charge on any atom is 0.302 e. The monoisotopic (exact) mass is 560 g/mol. The largest absolute Gasteiger partial charge is 0.462 e. The number of Topliss-reactive ketones (excluding diaryl/α,β-unsaturated/α-hetero) is 1. The highest BCUT2D eigenvalue weighted by Gasteiger charge is 2.75. The smallest absolute Gasteiger partial charge is 0.302 e. The Morgan fingerprint density at radius 1 is 1.05 bits per heavy atom. The van der Waals surface area contributed by atoms with Crippen LogP contribution in [0.25, 0.3) is 0 Å². The van der Waals surface area contributed by atoms with Crippen LogP contribution in [0.5, 0.6) is 0 Å². The van der Waals surface area contributed by atoms with Gasteiger partial charge in [0, 0.05) is 30.1 Å². The van der Waals surface area contributed by atoms with Gasteiger partial charge in [0.25, 0.3) is 0 Å². The minimum absolute atomic E-state index is 0.00350. The van der Waals surface area contributed by atoms with Crippen LogP contribution in [0.15, 0.2) is 23.8 Å². The Morgan fingerprint density at radius 3 is 2.20 bits per heavy atom. The van der Waals surface area contributed by atoms with Gasteiger partial charge in [-0.1, -0.05) is 52.3 Å². The lowest BCUT2D eigenvalue weighted by Gasteiger charge is -2.65. The molecule has 8 nitrogen and oxygen atoms in total. The molecule has 4 aliphatic rings. The van der Waals surface area contributed by atoms with Gasteiger partial charge in [-0.05, 0) is 68.8 Å². The summed E-state index contributed by atoms with van der Waals surface area (Å²) < 4.78 is 5.82. The van der Waals surface area contributed by atoms with Crippen molar-refractivity contribution in [2.24, 2.45) is 39.4 Å². The summed E-state index contributed by atoms with van der Waals surface area (Å²) in [5.41, 5.74) is -5.31. The third kappa shape index (κ3) is 4.27. The first kappa shape index (κ1) is 31.1. The molecule has 8 heteroatoms. The van der Waals surface area contributed by atoms with E-state index in [1.807, 2.05) is 27.7 Å². The summed E-state index contributed by atoms with van der Waals surface area (Å²) in [4.78, 5) is 40.2. The molecule has 10 atom stereocenters. The van der Waals surface area contributed by atoms with E-state index in [9.17, 15) is 34.8 Å². The molecular weight excluding hydrogens is 512 g/mol. The average molecular weight is 561 g/mol. The molecule has 4 rings (SSSR count). The lowest BCUT2D eigenvalue weighted by molar-refractivity contribution is -0.187. The van der Waals surface area contributed by atoms with Gasteiger partial charge in [-0.15, -0.1) is 0 Å². The summed E-state index contributed by atoms with van der Waals surface area (Å²) in [5.74, 6) is -2.50. The molecule has 4 aliphatic carbocycles. The number of allylic oxidation sites excluding steroid dienone is 1. The summed E-state index contributed by atoms with van der Waals surface area (Å²) in [5, 5.41) is 43.7. The summed E-state index contributed by atoms with van der Waals surface area (Å²) in [6.45, 7) is 15.6. The molecule has 224 valence electrons. The highest BCUT2D eigenvalue weighted by Crippen LogP contribution is 2.74. The molecule has 0 aromatic heterocycles. The Kier molecular flexibility index (Phi) is 7.24. The van der Waals surface area contributed by atoms with Crippen molar-refractivity contribution < 1.29 is 39.5 Å². The van der Waals surface area contributed by atoms with E-state index in [1.165, 1.54) is 39.8 Å². The number of hydrogen-bond donors (Lipinski definition) is 4. The quantitative estimate of drug-likeness (QED) is 0.228. The number of aliphatic hydroxyl groups excluding tert-OH is 2. The fourth-order valence-electron chi connectivity index (χ4n) is 9.43. The summed E-state index contributed by atoms with van der Waals surface area (Å²) in [6.07, 6.45) is 3.18. The Bertz CT molecular complexity index is 1160. The minimum Gasteiger partial charge on any atom is -0.462 e. The van der Waals surface area contributed by atoms with Crippen LogP contribution in [-0.4, -0.2) is 67.5 Å². The van der Waals surface area contributed by atoms with Crippen LogP contribution >= 0.6 is 0 Å². The van der Waals surface area contributed by atoms with Crippen LogP contribution in [0.1, 0.15) is 88.0 Å². The summed E-state index contributed by atoms with van der Waals surface area (Å²) in [6, 6.07) is 0. The van der Waals surface area contributed by atoms with E-state index in [-0.39, 0.29) is 30.5 Å². The number of ketones is 2. The first-order valence-corrected chi connectivity index (χ1v) is 14.5. The maximum absolute atomic E-state index is 14.4. The summed E-state index contributed by atoms with van der Waals surface area (Å²) in [7, 11) is 0. The highest BCUT2D eigenvalue weighted by atomic mass is 16.5. The van der Waals surface area contributed by atoms with Crippen molar-refractivity contribution in [3.8, 4) is 0 Å². The fourth-order valence-corrected chi connectivity index (χ4v) is 9.43. The van der Waals surface area contributed by atoms with Crippen molar-refractivity contribution in [1.29, 1.82) is 0 Å². The standard InChI is InChI=1S/C32H48O8/c1-17(33)40-21-15-29(6)22-11-10-18-19(14-20(34)26(37)28(18,4)5)31(22,8)24(36)16-30(29,7)25(21)32(9,39)23(35)12-13-27(2,3)38/h10,12-13,19-22,25-26,34,37-39H,11,14-16H2,1-9H3/b13-12+/t19-,20+,21-,22+,25?,26-,29+,30-,31+,32+/m1/s1. The number of carbonyl (C=O) groups is 3. The molecule has 3 saturated carbocycles. The first-order valence-electron chi connectivity index (χ1n) is 14.5. The molecule has 4 N–H and O–H groups in total. The van der Waals surface area contributed by atoms with Crippen molar-refractivity contribution in [3.63, 3.8) is 0 Å². The van der Waals surface area contributed by atoms with Crippen molar-refractivity contribution >= 4 is 17.5 Å². The molecule has 40 heavy (non-hydrogen) atoms. The van der Waals surface area contributed by atoms with E-state index in [0.29, 0.717) is 12.8 Å². The zero-order valence-electron chi connectivity index (χ0n) is 25.4. The molecule has 0 heterocycles. The van der Waals surface area contributed by atoms with Crippen molar-refractivity contribution in [2.75, 3.05) is 0 Å². The third-order valence-corrected chi connectivity index (χ3v) is 11.7. The van der Waals surface area contributed by atoms with Crippen LogP contribution in [0.2, 0.25) is 0 Å².